The topological polar surface area (TPSA) is 77.1 Å². The Kier molecular flexibility index (Phi) is 5.32. The second-order valence-corrected chi connectivity index (χ2v) is 8.51. The molecule has 4 unspecified atom stereocenters. The molecule has 2 fully saturated rings. The molecular weight excluding hydrogens is 427 g/mol. The molecule has 2 amide bonds. The van der Waals surface area contributed by atoms with Gasteiger partial charge in [0.2, 0.25) is 11.8 Å². The van der Waals surface area contributed by atoms with Gasteiger partial charge in [-0.05, 0) is 36.2 Å². The lowest BCUT2D eigenvalue weighted by molar-refractivity contribution is -0.131. The zero-order chi connectivity index (χ0) is 23.2. The largest absolute Gasteiger partial charge is 0.493 e. The van der Waals surface area contributed by atoms with Crippen LogP contribution < -0.4 is 19.7 Å². The summed E-state index contributed by atoms with van der Waals surface area (Å²) in [5.74, 6) is -1.05. The van der Waals surface area contributed by atoms with E-state index in [9.17, 15) is 14.0 Å². The van der Waals surface area contributed by atoms with Gasteiger partial charge >= 0.3 is 0 Å². The first-order chi connectivity index (χ1) is 16.0. The second-order valence-electron chi connectivity index (χ2n) is 8.51. The summed E-state index contributed by atoms with van der Waals surface area (Å²) < 4.78 is 31.1. The Labute approximate surface area is 191 Å². The number of fused-ring (bicyclic) bond motifs is 1. The summed E-state index contributed by atoms with van der Waals surface area (Å²) in [5.41, 5.74) is 0.297. The van der Waals surface area contributed by atoms with Gasteiger partial charge in [0.25, 0.3) is 0 Å². The Bertz CT molecular complexity index is 1140. The summed E-state index contributed by atoms with van der Waals surface area (Å²) in [6.45, 7) is 0.589. The molecule has 2 bridgehead atoms. The molecule has 0 aromatic heterocycles. The number of hydrogen-bond acceptors (Lipinski definition) is 5. The highest BCUT2D eigenvalue weighted by Gasteiger charge is 2.67. The molecule has 2 aromatic carbocycles. The molecule has 8 heteroatoms. The number of hydrogen-bond donors (Lipinski definition) is 1. The summed E-state index contributed by atoms with van der Waals surface area (Å²) >= 11 is 0. The lowest BCUT2D eigenvalue weighted by Crippen LogP contribution is -2.44. The van der Waals surface area contributed by atoms with E-state index in [1.54, 1.807) is 32.4 Å². The van der Waals surface area contributed by atoms with Gasteiger partial charge in [-0.3, -0.25) is 9.59 Å². The fourth-order valence-corrected chi connectivity index (χ4v) is 5.16. The molecular formula is C25H25FN2O5. The fraction of sp³-hybridized carbons (Fsp3) is 0.360. The molecule has 172 valence electrons. The second kappa shape index (κ2) is 8.19. The van der Waals surface area contributed by atoms with Crippen molar-refractivity contribution in [3.05, 3.63) is 66.0 Å². The number of nitrogens with zero attached hydrogens (tertiary/aromatic N) is 1. The van der Waals surface area contributed by atoms with E-state index in [4.69, 9.17) is 14.2 Å². The summed E-state index contributed by atoms with van der Waals surface area (Å²) in [7, 11) is 3.15. The smallest absolute Gasteiger partial charge is 0.234 e. The summed E-state index contributed by atoms with van der Waals surface area (Å²) in [5, 5.41) is 2.95. The number of anilines is 1. The van der Waals surface area contributed by atoms with Crippen molar-refractivity contribution >= 4 is 17.5 Å². The minimum atomic E-state index is -0.893. The van der Waals surface area contributed by atoms with Crippen LogP contribution in [0.4, 0.5) is 10.1 Å². The third-order valence-corrected chi connectivity index (χ3v) is 6.71. The first-order valence-corrected chi connectivity index (χ1v) is 10.9. The van der Waals surface area contributed by atoms with Gasteiger partial charge in [-0.25, -0.2) is 4.39 Å². The van der Waals surface area contributed by atoms with Crippen LogP contribution in [0.3, 0.4) is 0 Å². The first kappa shape index (κ1) is 21.5. The number of carbonyl (C=O) groups is 2. The Morgan fingerprint density at radius 3 is 2.76 bits per heavy atom. The predicted octanol–water partition coefficient (Wildman–Crippen LogP) is 2.49. The van der Waals surface area contributed by atoms with Gasteiger partial charge in [0.15, 0.2) is 11.5 Å². The molecule has 7 nitrogen and oxygen atoms in total. The molecule has 3 heterocycles. The highest BCUT2D eigenvalue weighted by atomic mass is 19.1. The molecule has 1 N–H and O–H groups in total. The molecule has 1 spiro atoms. The number of nitrogens with one attached hydrogen (secondary N) is 1. The maximum absolute atomic E-state index is 14.4. The Balaban J connectivity index is 1.28. The molecule has 0 saturated carbocycles. The van der Waals surface area contributed by atoms with Crippen molar-refractivity contribution in [1.29, 1.82) is 0 Å². The van der Waals surface area contributed by atoms with E-state index in [0.717, 1.165) is 5.56 Å². The van der Waals surface area contributed by atoms with Gasteiger partial charge in [0, 0.05) is 6.54 Å². The number of rotatable bonds is 7. The van der Waals surface area contributed by atoms with E-state index in [0.29, 0.717) is 24.5 Å². The van der Waals surface area contributed by atoms with Crippen LogP contribution in [0.1, 0.15) is 5.56 Å². The summed E-state index contributed by atoms with van der Waals surface area (Å²) in [4.78, 5) is 27.8. The number of halogens is 1. The normalized spacial score (nSPS) is 27.1. The Hall–Kier alpha value is -3.39. The molecule has 33 heavy (non-hydrogen) atoms. The maximum atomic E-state index is 14.4. The van der Waals surface area contributed by atoms with Crippen molar-refractivity contribution in [2.24, 2.45) is 11.8 Å². The van der Waals surface area contributed by atoms with Crippen LogP contribution in [0.25, 0.3) is 0 Å². The minimum Gasteiger partial charge on any atom is -0.493 e. The molecule has 0 aliphatic carbocycles. The van der Waals surface area contributed by atoms with Crippen LogP contribution >= 0.6 is 0 Å². The first-order valence-electron chi connectivity index (χ1n) is 10.9. The van der Waals surface area contributed by atoms with Crippen molar-refractivity contribution in [1.82, 2.24) is 5.32 Å². The lowest BCUT2D eigenvalue weighted by Gasteiger charge is -2.23. The van der Waals surface area contributed by atoms with Gasteiger partial charge in [0.05, 0.1) is 44.4 Å². The molecule has 3 aliphatic heterocycles. The number of carbonyl (C=O) groups excluding carboxylic acids is 2. The van der Waals surface area contributed by atoms with Gasteiger partial charge in [-0.2, -0.15) is 0 Å². The van der Waals surface area contributed by atoms with Crippen LogP contribution in [0.5, 0.6) is 11.5 Å². The Morgan fingerprint density at radius 1 is 1.21 bits per heavy atom. The van der Waals surface area contributed by atoms with Gasteiger partial charge in [0.1, 0.15) is 11.4 Å². The highest BCUT2D eigenvalue weighted by Crippen LogP contribution is 2.52. The van der Waals surface area contributed by atoms with E-state index < -0.39 is 29.4 Å². The molecule has 2 aromatic rings. The zero-order valence-electron chi connectivity index (χ0n) is 18.4. The molecule has 2 saturated heterocycles. The SMILES string of the molecule is COc1ccc(CCNC(=O)C2C3C=CC4(CN(c5ccccc5F)C(=O)C24)O3)cc1OC. The molecule has 4 atom stereocenters. The van der Waals surface area contributed by atoms with Crippen molar-refractivity contribution in [3.8, 4) is 11.5 Å². The van der Waals surface area contributed by atoms with E-state index >= 15 is 0 Å². The van der Waals surface area contributed by atoms with Crippen molar-refractivity contribution in [2.45, 2.75) is 18.1 Å². The van der Waals surface area contributed by atoms with E-state index in [-0.39, 0.29) is 24.0 Å². The van der Waals surface area contributed by atoms with Crippen LogP contribution in [-0.2, 0) is 20.7 Å². The predicted molar refractivity (Wildman–Crippen MR) is 119 cm³/mol. The monoisotopic (exact) mass is 452 g/mol. The number of para-hydroxylation sites is 1. The number of benzene rings is 2. The van der Waals surface area contributed by atoms with Crippen LogP contribution in [-0.4, -0.2) is 50.8 Å². The Morgan fingerprint density at radius 2 is 2.00 bits per heavy atom. The van der Waals surface area contributed by atoms with Crippen LogP contribution in [0.15, 0.2) is 54.6 Å². The van der Waals surface area contributed by atoms with E-state index in [2.05, 4.69) is 5.32 Å². The van der Waals surface area contributed by atoms with Gasteiger partial charge in [-0.15, -0.1) is 0 Å². The minimum absolute atomic E-state index is 0.194. The number of ether oxygens (including phenoxy) is 3. The average Bonchev–Trinajstić information content (AvgIpc) is 3.47. The lowest BCUT2D eigenvalue weighted by atomic mass is 9.77. The molecule has 3 aliphatic rings. The third-order valence-electron chi connectivity index (χ3n) is 6.71. The molecule has 0 radical (unpaired) electrons. The zero-order valence-corrected chi connectivity index (χ0v) is 18.4. The summed E-state index contributed by atoms with van der Waals surface area (Å²) in [6, 6.07) is 11.8. The van der Waals surface area contributed by atoms with Gasteiger partial charge in [-0.1, -0.05) is 30.4 Å². The summed E-state index contributed by atoms with van der Waals surface area (Å²) in [6.07, 6.45) is 3.83. The van der Waals surface area contributed by atoms with Crippen LogP contribution in [0.2, 0.25) is 0 Å². The average molecular weight is 452 g/mol. The van der Waals surface area contributed by atoms with Gasteiger partial charge < -0.3 is 24.4 Å². The van der Waals surface area contributed by atoms with E-state index in [1.165, 1.54) is 11.0 Å². The van der Waals surface area contributed by atoms with Crippen molar-refractivity contribution < 1.29 is 28.2 Å². The number of methoxy groups -OCH3 is 2. The fourth-order valence-electron chi connectivity index (χ4n) is 5.16. The van der Waals surface area contributed by atoms with Crippen molar-refractivity contribution in [3.63, 3.8) is 0 Å². The molecule has 5 rings (SSSR count). The third kappa shape index (κ3) is 3.45. The van der Waals surface area contributed by atoms with E-state index in [1.807, 2.05) is 30.4 Å². The quantitative estimate of drug-likeness (QED) is 0.654. The maximum Gasteiger partial charge on any atom is 0.234 e. The van der Waals surface area contributed by atoms with Crippen LogP contribution in [0, 0.1) is 17.7 Å². The number of amides is 2. The standard InChI is InChI=1S/C25H25FN2O5/c1-31-18-8-7-15(13-20(18)32-2)10-12-27-23(29)21-19-9-11-25(33-19)14-28(24(30)22(21)25)17-6-4-3-5-16(17)26/h3-9,11,13,19,21-22H,10,12,14H2,1-2H3,(H,27,29). The van der Waals surface area contributed by atoms with Crippen molar-refractivity contribution in [2.75, 3.05) is 32.2 Å². The highest BCUT2D eigenvalue weighted by molar-refractivity contribution is 6.03.